The van der Waals surface area contributed by atoms with Crippen molar-refractivity contribution in [1.29, 1.82) is 0 Å². The highest BCUT2D eigenvalue weighted by Crippen LogP contribution is 2.63. The van der Waals surface area contributed by atoms with Crippen LogP contribution in [-0.2, 0) is 27.2 Å². The number of hydrogen-bond acceptors (Lipinski definition) is 6. The SMILES string of the molecule is CCCOP(=O)(CP(=O)(OCCC)OCCC)OC. The zero-order valence-corrected chi connectivity index (χ0v) is 14.1. The summed E-state index contributed by atoms with van der Waals surface area (Å²) in [4.78, 5) is 0. The molecule has 116 valence electrons. The maximum atomic E-state index is 12.5. The molecule has 1 unspecified atom stereocenters. The van der Waals surface area contributed by atoms with Gasteiger partial charge in [-0.3, -0.25) is 9.13 Å². The second-order valence-electron chi connectivity index (χ2n) is 4.05. The van der Waals surface area contributed by atoms with E-state index in [1.807, 2.05) is 20.8 Å². The minimum absolute atomic E-state index is 0.284. The lowest BCUT2D eigenvalue weighted by Gasteiger charge is -2.22. The van der Waals surface area contributed by atoms with Crippen molar-refractivity contribution in [1.82, 2.24) is 0 Å². The van der Waals surface area contributed by atoms with Crippen LogP contribution in [0.4, 0.5) is 0 Å². The predicted octanol–water partition coefficient (Wildman–Crippen LogP) is 4.26. The Morgan fingerprint density at radius 1 is 0.737 bits per heavy atom. The summed E-state index contributed by atoms with van der Waals surface area (Å²) < 4.78 is 45.4. The molecule has 0 aliphatic rings. The fourth-order valence-corrected chi connectivity index (χ4v) is 5.87. The van der Waals surface area contributed by atoms with E-state index in [1.54, 1.807) is 0 Å². The molecular weight excluding hydrogens is 290 g/mol. The first kappa shape index (κ1) is 19.3. The van der Waals surface area contributed by atoms with E-state index in [-0.39, 0.29) is 12.5 Å². The third-order valence-electron chi connectivity index (χ3n) is 2.10. The van der Waals surface area contributed by atoms with E-state index in [1.165, 1.54) is 7.11 Å². The molecule has 0 aromatic rings. The molecule has 8 heteroatoms. The van der Waals surface area contributed by atoms with Crippen LogP contribution in [0.1, 0.15) is 40.0 Å². The topological polar surface area (TPSA) is 71.1 Å². The van der Waals surface area contributed by atoms with Gasteiger partial charge in [0.05, 0.1) is 19.8 Å². The second-order valence-corrected chi connectivity index (χ2v) is 8.76. The Morgan fingerprint density at radius 3 is 1.42 bits per heavy atom. The Balaban J connectivity index is 4.74. The normalized spacial score (nSPS) is 15.4. The van der Waals surface area contributed by atoms with Crippen LogP contribution < -0.4 is 0 Å². The molecule has 0 rings (SSSR count). The predicted molar refractivity (Wildman–Crippen MR) is 75.8 cm³/mol. The lowest BCUT2D eigenvalue weighted by molar-refractivity contribution is 0.200. The summed E-state index contributed by atoms with van der Waals surface area (Å²) in [5, 5.41) is 0. The zero-order valence-electron chi connectivity index (χ0n) is 12.3. The maximum absolute atomic E-state index is 12.5. The van der Waals surface area contributed by atoms with Crippen LogP contribution in [0, 0.1) is 0 Å². The molecule has 0 amide bonds. The van der Waals surface area contributed by atoms with Crippen molar-refractivity contribution < 1.29 is 27.2 Å². The van der Waals surface area contributed by atoms with E-state index >= 15 is 0 Å². The van der Waals surface area contributed by atoms with E-state index in [0.717, 1.165) is 0 Å². The summed E-state index contributed by atoms with van der Waals surface area (Å²) in [5.74, 6) is -0.337. The molecule has 0 radical (unpaired) electrons. The van der Waals surface area contributed by atoms with Gasteiger partial charge < -0.3 is 18.1 Å². The highest BCUT2D eigenvalue weighted by Gasteiger charge is 2.37. The standard InChI is InChI=1S/C11H26O6P2/c1-5-8-15-18(12,14-4)11-19(13,16-9-6-2)17-10-7-3/h5-11H2,1-4H3. The van der Waals surface area contributed by atoms with Gasteiger partial charge in [-0.15, -0.1) is 0 Å². The molecule has 0 bridgehead atoms. The Hall–Kier alpha value is 0.300. The summed E-state index contributed by atoms with van der Waals surface area (Å²) in [6.07, 6.45) is 2.10. The Labute approximate surface area is 116 Å². The summed E-state index contributed by atoms with van der Waals surface area (Å²) in [6, 6.07) is 0. The fraction of sp³-hybridized carbons (Fsp3) is 1.00. The van der Waals surface area contributed by atoms with Crippen molar-refractivity contribution in [3.05, 3.63) is 0 Å². The Morgan fingerprint density at radius 2 is 1.11 bits per heavy atom. The highest BCUT2D eigenvalue weighted by atomic mass is 31.2. The molecule has 0 aromatic heterocycles. The van der Waals surface area contributed by atoms with Gasteiger partial charge >= 0.3 is 15.2 Å². The molecule has 19 heavy (non-hydrogen) atoms. The van der Waals surface area contributed by atoms with Crippen molar-refractivity contribution in [2.24, 2.45) is 0 Å². The van der Waals surface area contributed by atoms with Gasteiger partial charge in [0.25, 0.3) is 0 Å². The summed E-state index contributed by atoms with van der Waals surface area (Å²) >= 11 is 0. The summed E-state index contributed by atoms with van der Waals surface area (Å²) in [7, 11) is -5.60. The minimum Gasteiger partial charge on any atom is -0.311 e. The molecule has 0 heterocycles. The maximum Gasteiger partial charge on any atom is 0.342 e. The average Bonchev–Trinajstić information content (AvgIpc) is 2.41. The van der Waals surface area contributed by atoms with E-state index in [4.69, 9.17) is 18.1 Å². The van der Waals surface area contributed by atoms with E-state index in [9.17, 15) is 9.13 Å². The quantitative estimate of drug-likeness (QED) is 0.501. The first-order chi connectivity index (χ1) is 8.95. The first-order valence-corrected chi connectivity index (χ1v) is 10.1. The van der Waals surface area contributed by atoms with Crippen LogP contribution in [0.25, 0.3) is 0 Å². The van der Waals surface area contributed by atoms with Gasteiger partial charge in [-0.05, 0) is 19.3 Å². The van der Waals surface area contributed by atoms with Crippen molar-refractivity contribution in [3.8, 4) is 0 Å². The molecule has 6 nitrogen and oxygen atoms in total. The summed E-state index contributed by atoms with van der Waals surface area (Å²) in [6.45, 7) is 6.55. The molecule has 0 spiro atoms. The van der Waals surface area contributed by atoms with Gasteiger partial charge in [0.2, 0.25) is 0 Å². The third-order valence-corrected chi connectivity index (χ3v) is 7.16. The lowest BCUT2D eigenvalue weighted by Crippen LogP contribution is -2.06. The summed E-state index contributed by atoms with van der Waals surface area (Å²) in [5.41, 5.74) is 0. The van der Waals surface area contributed by atoms with Gasteiger partial charge in [-0.2, -0.15) is 0 Å². The van der Waals surface area contributed by atoms with Gasteiger partial charge in [0, 0.05) is 7.11 Å². The molecule has 0 aliphatic carbocycles. The average molecular weight is 316 g/mol. The molecule has 0 aliphatic heterocycles. The largest absolute Gasteiger partial charge is 0.342 e. The van der Waals surface area contributed by atoms with Crippen LogP contribution in [0.2, 0.25) is 0 Å². The van der Waals surface area contributed by atoms with Crippen molar-refractivity contribution in [2.45, 2.75) is 40.0 Å². The van der Waals surface area contributed by atoms with E-state index < -0.39 is 15.2 Å². The molecule has 1 atom stereocenters. The molecule has 0 aromatic carbocycles. The lowest BCUT2D eigenvalue weighted by atomic mass is 10.5. The Bertz CT molecular complexity index is 308. The second kappa shape index (κ2) is 10.1. The number of hydrogen-bond donors (Lipinski definition) is 0. The van der Waals surface area contributed by atoms with E-state index in [2.05, 4.69) is 0 Å². The molecular formula is C11H26O6P2. The Kier molecular flexibility index (Phi) is 10.2. The smallest absolute Gasteiger partial charge is 0.311 e. The van der Waals surface area contributed by atoms with Gasteiger partial charge in [-0.25, -0.2) is 0 Å². The molecule has 0 N–H and O–H groups in total. The minimum atomic E-state index is -3.44. The van der Waals surface area contributed by atoms with Crippen molar-refractivity contribution >= 4 is 15.2 Å². The van der Waals surface area contributed by atoms with Crippen LogP contribution in [0.3, 0.4) is 0 Å². The molecule has 0 saturated heterocycles. The molecule has 0 saturated carbocycles. The van der Waals surface area contributed by atoms with Gasteiger partial charge in [0.1, 0.15) is 0 Å². The van der Waals surface area contributed by atoms with Crippen LogP contribution in [0.5, 0.6) is 0 Å². The van der Waals surface area contributed by atoms with Crippen molar-refractivity contribution in [3.63, 3.8) is 0 Å². The van der Waals surface area contributed by atoms with Gasteiger partial charge in [0.15, 0.2) is 5.90 Å². The highest BCUT2D eigenvalue weighted by molar-refractivity contribution is 7.71. The molecule has 0 fully saturated rings. The fourth-order valence-electron chi connectivity index (χ4n) is 1.17. The third kappa shape index (κ3) is 8.23. The monoisotopic (exact) mass is 316 g/mol. The van der Waals surface area contributed by atoms with Crippen LogP contribution >= 0.6 is 15.2 Å². The first-order valence-electron chi connectivity index (χ1n) is 6.62. The van der Waals surface area contributed by atoms with Crippen molar-refractivity contribution in [2.75, 3.05) is 32.8 Å². The zero-order chi connectivity index (χ0) is 14.8. The van der Waals surface area contributed by atoms with Crippen LogP contribution in [-0.4, -0.2) is 32.8 Å². The van der Waals surface area contributed by atoms with Crippen LogP contribution in [0.15, 0.2) is 0 Å². The number of rotatable bonds is 12. The van der Waals surface area contributed by atoms with E-state index in [0.29, 0.717) is 32.5 Å². The van der Waals surface area contributed by atoms with Gasteiger partial charge in [-0.1, -0.05) is 20.8 Å².